The Balaban J connectivity index is 1.71. The van der Waals surface area contributed by atoms with Gasteiger partial charge < -0.3 is 18.9 Å². The lowest BCUT2D eigenvalue weighted by Gasteiger charge is -2.22. The van der Waals surface area contributed by atoms with E-state index in [-0.39, 0.29) is 5.60 Å². The third-order valence-electron chi connectivity index (χ3n) is 5.51. The Morgan fingerprint density at radius 2 is 1.81 bits per heavy atom. The van der Waals surface area contributed by atoms with Crippen LogP contribution in [0.15, 0.2) is 42.6 Å². The Hall–Kier alpha value is -2.86. The summed E-state index contributed by atoms with van der Waals surface area (Å²) >= 11 is 0. The standard InChI is InChI=1S/C26H34N2O4/c1-6-7-15-31-25-19(2)23(28-22-11-9-8-10-21(22)25)18-32-24-17-20(12-14-27-24)30-16-13-26(3,4)29-5/h8-12,14,17H,6-7,13,15-16,18H2,1-5H3. The Morgan fingerprint density at radius 3 is 2.59 bits per heavy atom. The molecule has 0 saturated heterocycles. The number of ether oxygens (including phenoxy) is 4. The van der Waals surface area contributed by atoms with E-state index in [9.17, 15) is 0 Å². The van der Waals surface area contributed by atoms with Crippen LogP contribution in [-0.4, -0.2) is 35.9 Å². The highest BCUT2D eigenvalue weighted by Gasteiger charge is 2.16. The van der Waals surface area contributed by atoms with Crippen molar-refractivity contribution >= 4 is 10.9 Å². The van der Waals surface area contributed by atoms with E-state index in [0.717, 1.165) is 47.2 Å². The van der Waals surface area contributed by atoms with Gasteiger partial charge in [0, 0.05) is 36.7 Å². The molecule has 0 atom stereocenters. The number of methoxy groups -OCH3 is 1. The largest absolute Gasteiger partial charge is 0.493 e. The molecule has 0 N–H and O–H groups in total. The molecule has 0 saturated carbocycles. The van der Waals surface area contributed by atoms with E-state index in [4.69, 9.17) is 23.9 Å². The second-order valence-corrected chi connectivity index (χ2v) is 8.41. The van der Waals surface area contributed by atoms with E-state index < -0.39 is 0 Å². The zero-order chi connectivity index (χ0) is 23.0. The molecular formula is C26H34N2O4. The lowest BCUT2D eigenvalue weighted by atomic mass is 10.1. The van der Waals surface area contributed by atoms with Crippen molar-refractivity contribution < 1.29 is 18.9 Å². The van der Waals surface area contributed by atoms with E-state index >= 15 is 0 Å². The van der Waals surface area contributed by atoms with Gasteiger partial charge in [0.2, 0.25) is 5.88 Å². The van der Waals surface area contributed by atoms with Crippen molar-refractivity contribution in [2.75, 3.05) is 20.3 Å². The number of rotatable bonds is 12. The van der Waals surface area contributed by atoms with Crippen LogP contribution < -0.4 is 14.2 Å². The highest BCUT2D eigenvalue weighted by Crippen LogP contribution is 2.31. The molecule has 172 valence electrons. The molecule has 0 fully saturated rings. The summed E-state index contributed by atoms with van der Waals surface area (Å²) in [5, 5.41) is 1.03. The molecule has 1 aromatic carbocycles. The quantitative estimate of drug-likeness (QED) is 0.329. The third kappa shape index (κ3) is 6.33. The average Bonchev–Trinajstić information content (AvgIpc) is 2.79. The van der Waals surface area contributed by atoms with E-state index in [1.54, 1.807) is 19.4 Å². The molecule has 0 bridgehead atoms. The van der Waals surface area contributed by atoms with Crippen LogP contribution in [0.2, 0.25) is 0 Å². The van der Waals surface area contributed by atoms with Crippen molar-refractivity contribution in [2.45, 2.75) is 59.2 Å². The molecule has 2 aromatic heterocycles. The molecule has 3 aromatic rings. The molecule has 0 amide bonds. The van der Waals surface area contributed by atoms with Gasteiger partial charge in [-0.15, -0.1) is 0 Å². The lowest BCUT2D eigenvalue weighted by molar-refractivity contribution is 0.00543. The summed E-state index contributed by atoms with van der Waals surface area (Å²) in [7, 11) is 1.71. The second kappa shape index (κ2) is 11.1. The Bertz CT molecular complexity index is 1020. The van der Waals surface area contributed by atoms with Gasteiger partial charge in [-0.2, -0.15) is 0 Å². The van der Waals surface area contributed by atoms with Gasteiger partial charge in [-0.05, 0) is 45.4 Å². The maximum absolute atomic E-state index is 6.14. The maximum Gasteiger partial charge on any atom is 0.217 e. The van der Waals surface area contributed by atoms with Crippen molar-refractivity contribution in [3.63, 3.8) is 0 Å². The zero-order valence-corrected chi connectivity index (χ0v) is 19.8. The first kappa shape index (κ1) is 23.8. The van der Waals surface area contributed by atoms with Crippen LogP contribution in [0.3, 0.4) is 0 Å². The highest BCUT2D eigenvalue weighted by molar-refractivity contribution is 5.86. The number of nitrogens with zero attached hydrogens (tertiary/aromatic N) is 2. The minimum absolute atomic E-state index is 0.220. The van der Waals surface area contributed by atoms with Gasteiger partial charge in [0.25, 0.3) is 0 Å². The van der Waals surface area contributed by atoms with Crippen molar-refractivity contribution in [3.8, 4) is 17.4 Å². The van der Waals surface area contributed by atoms with Crippen LogP contribution in [0.5, 0.6) is 17.4 Å². The van der Waals surface area contributed by atoms with Crippen molar-refractivity contribution in [1.29, 1.82) is 0 Å². The first-order valence-corrected chi connectivity index (χ1v) is 11.2. The second-order valence-electron chi connectivity index (χ2n) is 8.41. The van der Waals surface area contributed by atoms with E-state index in [1.165, 1.54) is 0 Å². The molecule has 6 heteroatoms. The van der Waals surface area contributed by atoms with Crippen LogP contribution in [0.4, 0.5) is 0 Å². The topological polar surface area (TPSA) is 62.7 Å². The van der Waals surface area contributed by atoms with Crippen molar-refractivity contribution in [1.82, 2.24) is 9.97 Å². The Morgan fingerprint density at radius 1 is 1.00 bits per heavy atom. The molecule has 0 aliphatic carbocycles. The predicted octanol–water partition coefficient (Wildman–Crippen LogP) is 5.89. The molecule has 0 aliphatic rings. The molecule has 0 radical (unpaired) electrons. The molecule has 2 heterocycles. The fraction of sp³-hybridized carbons (Fsp3) is 0.462. The van der Waals surface area contributed by atoms with Crippen LogP contribution >= 0.6 is 0 Å². The fourth-order valence-electron chi connectivity index (χ4n) is 3.19. The summed E-state index contributed by atoms with van der Waals surface area (Å²) in [4.78, 5) is 9.13. The lowest BCUT2D eigenvalue weighted by Crippen LogP contribution is -2.25. The molecule has 6 nitrogen and oxygen atoms in total. The molecule has 0 aliphatic heterocycles. The molecule has 0 spiro atoms. The third-order valence-corrected chi connectivity index (χ3v) is 5.51. The number of pyridine rings is 2. The van der Waals surface area contributed by atoms with Crippen molar-refractivity contribution in [2.24, 2.45) is 0 Å². The average molecular weight is 439 g/mol. The predicted molar refractivity (Wildman–Crippen MR) is 127 cm³/mol. The number of hydrogen-bond acceptors (Lipinski definition) is 6. The van der Waals surface area contributed by atoms with Gasteiger partial charge in [-0.25, -0.2) is 9.97 Å². The molecule has 0 unspecified atom stereocenters. The first-order chi connectivity index (χ1) is 15.4. The monoisotopic (exact) mass is 438 g/mol. The van der Waals surface area contributed by atoms with E-state index in [2.05, 4.69) is 18.0 Å². The summed E-state index contributed by atoms with van der Waals surface area (Å²) in [6, 6.07) is 11.7. The summed E-state index contributed by atoms with van der Waals surface area (Å²) in [6.07, 6.45) is 4.57. The van der Waals surface area contributed by atoms with Crippen LogP contribution in [0.1, 0.15) is 51.3 Å². The number of aromatic nitrogens is 2. The highest BCUT2D eigenvalue weighted by atomic mass is 16.5. The maximum atomic E-state index is 6.14. The summed E-state index contributed by atoms with van der Waals surface area (Å²) in [5.74, 6) is 2.10. The number of para-hydroxylation sites is 1. The molecule has 32 heavy (non-hydrogen) atoms. The summed E-state index contributed by atoms with van der Waals surface area (Å²) in [6.45, 7) is 9.80. The van der Waals surface area contributed by atoms with Gasteiger partial charge in [0.05, 0.1) is 30.0 Å². The van der Waals surface area contributed by atoms with Crippen LogP contribution in [0.25, 0.3) is 10.9 Å². The minimum atomic E-state index is -0.220. The van der Waals surface area contributed by atoms with Crippen LogP contribution in [0, 0.1) is 6.92 Å². The number of hydrogen-bond donors (Lipinski definition) is 0. The van der Waals surface area contributed by atoms with Crippen LogP contribution in [-0.2, 0) is 11.3 Å². The van der Waals surface area contributed by atoms with Gasteiger partial charge >= 0.3 is 0 Å². The summed E-state index contributed by atoms with van der Waals surface area (Å²) < 4.78 is 23.4. The summed E-state index contributed by atoms with van der Waals surface area (Å²) in [5.41, 5.74) is 2.51. The van der Waals surface area contributed by atoms with E-state index in [0.29, 0.717) is 31.5 Å². The normalized spacial score (nSPS) is 11.5. The number of benzene rings is 1. The molecule has 3 rings (SSSR count). The first-order valence-electron chi connectivity index (χ1n) is 11.2. The van der Waals surface area contributed by atoms with Gasteiger partial charge in [0.15, 0.2) is 0 Å². The Kier molecular flexibility index (Phi) is 8.28. The smallest absolute Gasteiger partial charge is 0.217 e. The SMILES string of the molecule is CCCCOc1c(C)c(COc2cc(OCCC(C)(C)OC)ccn2)nc2ccccc12. The zero-order valence-electron chi connectivity index (χ0n) is 19.8. The minimum Gasteiger partial charge on any atom is -0.493 e. The van der Waals surface area contributed by atoms with Gasteiger partial charge in [-0.1, -0.05) is 25.5 Å². The Labute approximate surface area is 190 Å². The fourth-order valence-corrected chi connectivity index (χ4v) is 3.19. The van der Waals surface area contributed by atoms with Gasteiger partial charge in [0.1, 0.15) is 18.1 Å². The van der Waals surface area contributed by atoms with Gasteiger partial charge in [-0.3, -0.25) is 0 Å². The number of fused-ring (bicyclic) bond motifs is 1. The van der Waals surface area contributed by atoms with E-state index in [1.807, 2.05) is 45.0 Å². The van der Waals surface area contributed by atoms with Crippen molar-refractivity contribution in [3.05, 3.63) is 53.9 Å². The number of unbranched alkanes of at least 4 members (excludes halogenated alkanes) is 1. The molecular weight excluding hydrogens is 404 g/mol.